The Kier molecular flexibility index (Phi) is 5.61. The highest BCUT2D eigenvalue weighted by atomic mass is 15.2. The predicted octanol–water partition coefficient (Wildman–Crippen LogP) is 6.74. The summed E-state index contributed by atoms with van der Waals surface area (Å²) in [6.45, 7) is 6.94. The van der Waals surface area contributed by atoms with E-state index < -0.39 is 0 Å². The van der Waals surface area contributed by atoms with Gasteiger partial charge < -0.3 is 4.57 Å². The number of para-hydroxylation sites is 3. The molecule has 3 nitrogen and oxygen atoms in total. The van der Waals surface area contributed by atoms with Crippen LogP contribution in [0.25, 0.3) is 27.5 Å². The zero-order valence-corrected chi connectivity index (χ0v) is 20.8. The number of aromatic nitrogens is 1. The molecule has 5 aromatic rings. The van der Waals surface area contributed by atoms with Crippen molar-refractivity contribution in [3.63, 3.8) is 0 Å². The van der Waals surface area contributed by atoms with Crippen LogP contribution in [0.15, 0.2) is 103 Å². The van der Waals surface area contributed by atoms with Crippen LogP contribution in [-0.2, 0) is 13.1 Å². The molecule has 3 heterocycles. The number of hydrogen-bond acceptors (Lipinski definition) is 2. The van der Waals surface area contributed by atoms with Gasteiger partial charge in [-0.25, -0.2) is 0 Å². The van der Waals surface area contributed by atoms with E-state index in [1.807, 2.05) is 0 Å². The summed E-state index contributed by atoms with van der Waals surface area (Å²) in [7, 11) is 0. The third kappa shape index (κ3) is 4.03. The van der Waals surface area contributed by atoms with E-state index >= 15 is 0 Å². The number of rotatable bonds is 5. The Morgan fingerprint density at radius 2 is 1.17 bits per heavy atom. The molecule has 2 aliphatic heterocycles. The number of fused-ring (bicyclic) bond motifs is 5. The first-order chi connectivity index (χ1) is 17.8. The minimum Gasteiger partial charge on any atom is -0.309 e. The van der Waals surface area contributed by atoms with Crippen LogP contribution in [0.5, 0.6) is 0 Å². The number of hydrogen-bond donors (Lipinski definition) is 0. The van der Waals surface area contributed by atoms with E-state index in [4.69, 9.17) is 0 Å². The average molecular weight is 472 g/mol. The molecule has 0 saturated carbocycles. The van der Waals surface area contributed by atoms with Gasteiger partial charge >= 0.3 is 0 Å². The maximum Gasteiger partial charge on any atom is 0.0586 e. The van der Waals surface area contributed by atoms with Gasteiger partial charge in [-0.2, -0.15) is 0 Å². The monoisotopic (exact) mass is 471 g/mol. The number of likely N-dealkylation sites (tertiary alicyclic amines) is 2. The third-order valence-electron chi connectivity index (χ3n) is 8.17. The standard InChI is InChI=1S/C33H33N3/c1-3-10-25(11-4-1)19-34-20-26-18-27(21-34)23-35(22-26)24-28-12-9-16-31-30-15-7-8-17-32(30)36(33(28)31)29-13-5-2-6-14-29/h1-17,26-27H,18-24H2. The van der Waals surface area contributed by atoms with Gasteiger partial charge in [0.05, 0.1) is 11.0 Å². The van der Waals surface area contributed by atoms with Crippen LogP contribution < -0.4 is 0 Å². The fourth-order valence-electron chi connectivity index (χ4n) is 6.90. The van der Waals surface area contributed by atoms with E-state index in [1.54, 1.807) is 0 Å². The fourth-order valence-corrected chi connectivity index (χ4v) is 6.90. The summed E-state index contributed by atoms with van der Waals surface area (Å²) >= 11 is 0. The van der Waals surface area contributed by atoms with Crippen molar-refractivity contribution in [3.8, 4) is 5.69 Å². The van der Waals surface area contributed by atoms with Gasteiger partial charge in [-0.05, 0) is 47.6 Å². The molecule has 1 aromatic heterocycles. The molecule has 2 bridgehead atoms. The van der Waals surface area contributed by atoms with Crippen molar-refractivity contribution in [2.24, 2.45) is 11.8 Å². The lowest BCUT2D eigenvalue weighted by Gasteiger charge is -2.46. The molecule has 0 amide bonds. The molecule has 2 aliphatic rings. The Labute approximate surface area is 213 Å². The van der Waals surface area contributed by atoms with Crippen molar-refractivity contribution in [1.82, 2.24) is 14.4 Å². The topological polar surface area (TPSA) is 11.4 Å². The minimum absolute atomic E-state index is 0.764. The van der Waals surface area contributed by atoms with Gasteiger partial charge in [0.1, 0.15) is 0 Å². The Morgan fingerprint density at radius 1 is 0.556 bits per heavy atom. The number of nitrogens with zero attached hydrogens (tertiary/aromatic N) is 3. The van der Waals surface area contributed by atoms with Gasteiger partial charge in [0, 0.05) is 55.7 Å². The molecule has 7 rings (SSSR count). The van der Waals surface area contributed by atoms with Gasteiger partial charge in [-0.15, -0.1) is 0 Å². The smallest absolute Gasteiger partial charge is 0.0586 e. The van der Waals surface area contributed by atoms with Crippen LogP contribution >= 0.6 is 0 Å². The Morgan fingerprint density at radius 3 is 1.92 bits per heavy atom. The molecule has 3 heteroatoms. The highest BCUT2D eigenvalue weighted by molar-refractivity contribution is 6.10. The molecule has 0 aliphatic carbocycles. The normalized spacial score (nSPS) is 20.8. The molecular weight excluding hydrogens is 438 g/mol. The van der Waals surface area contributed by atoms with E-state index in [2.05, 4.69) is 117 Å². The van der Waals surface area contributed by atoms with Crippen LogP contribution in [0.2, 0.25) is 0 Å². The van der Waals surface area contributed by atoms with Gasteiger partial charge in [-0.1, -0.05) is 84.9 Å². The van der Waals surface area contributed by atoms with Crippen molar-refractivity contribution in [3.05, 3.63) is 114 Å². The van der Waals surface area contributed by atoms with Crippen LogP contribution in [0.3, 0.4) is 0 Å². The first-order valence-electron chi connectivity index (χ1n) is 13.4. The highest BCUT2D eigenvalue weighted by Gasteiger charge is 2.34. The van der Waals surface area contributed by atoms with E-state index in [-0.39, 0.29) is 0 Å². The lowest BCUT2D eigenvalue weighted by Crippen LogP contribution is -2.52. The molecule has 36 heavy (non-hydrogen) atoms. The van der Waals surface area contributed by atoms with Gasteiger partial charge in [0.25, 0.3) is 0 Å². The Hall–Kier alpha value is -3.40. The van der Waals surface area contributed by atoms with Crippen LogP contribution in [0, 0.1) is 11.8 Å². The second kappa shape index (κ2) is 9.24. The van der Waals surface area contributed by atoms with Crippen molar-refractivity contribution < 1.29 is 0 Å². The summed E-state index contributed by atoms with van der Waals surface area (Å²) in [6.07, 6.45) is 1.39. The van der Waals surface area contributed by atoms with Crippen molar-refractivity contribution in [1.29, 1.82) is 0 Å². The summed E-state index contributed by atoms with van der Waals surface area (Å²) in [5.41, 5.74) is 6.77. The van der Waals surface area contributed by atoms with E-state index in [0.717, 1.165) is 24.9 Å². The average Bonchev–Trinajstić information content (AvgIpc) is 3.25. The summed E-state index contributed by atoms with van der Waals surface area (Å²) in [5.74, 6) is 1.53. The predicted molar refractivity (Wildman–Crippen MR) is 149 cm³/mol. The van der Waals surface area contributed by atoms with Gasteiger partial charge in [-0.3, -0.25) is 9.80 Å². The van der Waals surface area contributed by atoms with Gasteiger partial charge in [0.15, 0.2) is 0 Å². The molecule has 2 unspecified atom stereocenters. The number of piperidine rings is 2. The van der Waals surface area contributed by atoms with Crippen LogP contribution in [-0.4, -0.2) is 40.5 Å². The van der Waals surface area contributed by atoms with Crippen molar-refractivity contribution >= 4 is 21.8 Å². The van der Waals surface area contributed by atoms with Crippen molar-refractivity contribution in [2.45, 2.75) is 19.5 Å². The molecule has 2 fully saturated rings. The van der Waals surface area contributed by atoms with Crippen molar-refractivity contribution in [2.75, 3.05) is 26.2 Å². The first-order valence-corrected chi connectivity index (χ1v) is 13.4. The molecule has 0 radical (unpaired) electrons. The van der Waals surface area contributed by atoms with Gasteiger partial charge in [0.2, 0.25) is 0 Å². The molecular formula is C33H33N3. The Bertz CT molecular complexity index is 1470. The molecule has 2 saturated heterocycles. The van der Waals surface area contributed by atoms with E-state index in [9.17, 15) is 0 Å². The number of benzene rings is 4. The second-order valence-corrected chi connectivity index (χ2v) is 10.8. The molecule has 0 N–H and O–H groups in total. The van der Waals surface area contributed by atoms with E-state index in [0.29, 0.717) is 0 Å². The first kappa shape index (κ1) is 21.8. The highest BCUT2D eigenvalue weighted by Crippen LogP contribution is 2.36. The Balaban J connectivity index is 1.19. The van der Waals surface area contributed by atoms with Crippen LogP contribution in [0.4, 0.5) is 0 Å². The summed E-state index contributed by atoms with van der Waals surface area (Å²) in [6, 6.07) is 37.6. The molecule has 0 spiro atoms. The fraction of sp³-hybridized carbons (Fsp3) is 0.273. The van der Waals surface area contributed by atoms with E-state index in [1.165, 1.54) is 71.2 Å². The largest absolute Gasteiger partial charge is 0.309 e. The summed E-state index contributed by atoms with van der Waals surface area (Å²) in [5, 5.41) is 2.70. The zero-order valence-electron chi connectivity index (χ0n) is 20.8. The maximum absolute atomic E-state index is 2.74. The molecule has 2 atom stereocenters. The lowest BCUT2D eigenvalue weighted by molar-refractivity contribution is 0.0243. The third-order valence-corrected chi connectivity index (χ3v) is 8.17. The zero-order chi connectivity index (χ0) is 23.9. The second-order valence-electron chi connectivity index (χ2n) is 10.8. The quantitative estimate of drug-likeness (QED) is 0.281. The maximum atomic E-state index is 2.74. The summed E-state index contributed by atoms with van der Waals surface area (Å²) in [4.78, 5) is 5.43. The van der Waals surface area contributed by atoms with Crippen LogP contribution in [0.1, 0.15) is 17.5 Å². The SMILES string of the molecule is c1ccc(CN2CC3CC(C2)CN(Cc2cccc4c5ccccc5n(-c5ccccc5)c24)C3)cc1. The molecule has 4 aromatic carbocycles. The lowest BCUT2D eigenvalue weighted by atomic mass is 9.84. The summed E-state index contributed by atoms with van der Waals surface area (Å²) < 4.78 is 2.48. The minimum atomic E-state index is 0.764. The molecule has 180 valence electrons.